The van der Waals surface area contributed by atoms with E-state index in [9.17, 15) is 0 Å². The number of ether oxygens (including phenoxy) is 2. The molecule has 0 aliphatic heterocycles. The summed E-state index contributed by atoms with van der Waals surface area (Å²) in [5.41, 5.74) is 2.24. The first kappa shape index (κ1) is 48.9. The normalized spacial score (nSPS) is 11.6. The lowest BCUT2D eigenvalue weighted by atomic mass is 10.0. The third-order valence-corrected chi connectivity index (χ3v) is 12.0. The van der Waals surface area contributed by atoms with Crippen molar-refractivity contribution in [3.63, 3.8) is 0 Å². The minimum absolute atomic E-state index is 0.753. The second-order valence-electron chi connectivity index (χ2n) is 16.0. The Morgan fingerprint density at radius 1 is 0.389 bits per heavy atom. The van der Waals surface area contributed by atoms with E-state index in [-0.39, 0.29) is 0 Å². The molecule has 0 aliphatic carbocycles. The van der Waals surface area contributed by atoms with Gasteiger partial charge in [-0.15, -0.1) is 0 Å². The van der Waals surface area contributed by atoms with Crippen molar-refractivity contribution in [2.45, 2.75) is 219 Å². The molecule has 0 atom stereocenters. The fraction of sp³-hybridized carbons (Fsp3) is 0.720. The third kappa shape index (κ3) is 27.4. The molecule has 0 unspecified atom stereocenters. The van der Waals surface area contributed by atoms with Crippen LogP contribution >= 0.6 is 31.9 Å². The topological polar surface area (TPSA) is 18.5 Å². The van der Waals surface area contributed by atoms with Gasteiger partial charge in [-0.25, -0.2) is 0 Å². The van der Waals surface area contributed by atoms with Crippen LogP contribution in [0.4, 0.5) is 0 Å². The highest BCUT2D eigenvalue weighted by atomic mass is 79.9. The Bertz CT molecular complexity index is 1140. The van der Waals surface area contributed by atoms with Crippen LogP contribution in [-0.4, -0.2) is 13.2 Å². The van der Waals surface area contributed by atoms with Crippen molar-refractivity contribution in [3.05, 3.63) is 56.5 Å². The molecule has 0 aliphatic rings. The lowest BCUT2D eigenvalue weighted by Crippen LogP contribution is -2.02. The van der Waals surface area contributed by atoms with Crippen molar-refractivity contribution in [2.24, 2.45) is 0 Å². The van der Waals surface area contributed by atoms with E-state index in [4.69, 9.17) is 9.47 Å². The lowest BCUT2D eigenvalue weighted by Gasteiger charge is -2.14. The van der Waals surface area contributed by atoms with E-state index < -0.39 is 0 Å². The quantitative estimate of drug-likeness (QED) is 0.0494. The minimum Gasteiger partial charge on any atom is -0.493 e. The molecule has 2 aromatic carbocycles. The van der Waals surface area contributed by atoms with E-state index in [1.807, 2.05) is 0 Å². The molecule has 0 heterocycles. The molecule has 0 N–H and O–H groups in total. The van der Waals surface area contributed by atoms with Crippen LogP contribution in [0.1, 0.15) is 230 Å². The Labute approximate surface area is 352 Å². The summed E-state index contributed by atoms with van der Waals surface area (Å²) in [6.07, 6.45) is 48.5. The molecule has 54 heavy (non-hydrogen) atoms. The number of unbranched alkanes of at least 4 members (excludes halogenated alkanes) is 30. The summed E-state index contributed by atoms with van der Waals surface area (Å²) < 4.78 is 14.8. The first-order valence-corrected chi connectivity index (χ1v) is 24.8. The highest BCUT2D eigenvalue weighted by Crippen LogP contribution is 2.35. The zero-order chi connectivity index (χ0) is 38.6. The summed E-state index contributed by atoms with van der Waals surface area (Å²) in [5.74, 6) is 1.83. The zero-order valence-corrected chi connectivity index (χ0v) is 38.4. The van der Waals surface area contributed by atoms with E-state index in [0.717, 1.165) is 52.1 Å². The van der Waals surface area contributed by atoms with Crippen LogP contribution in [0.15, 0.2) is 45.3 Å². The monoisotopic (exact) mass is 872 g/mol. The van der Waals surface area contributed by atoms with Crippen molar-refractivity contribution < 1.29 is 9.47 Å². The van der Waals surface area contributed by atoms with Gasteiger partial charge in [0.15, 0.2) is 0 Å². The molecule has 0 bridgehead atoms. The van der Waals surface area contributed by atoms with Gasteiger partial charge in [0.05, 0.1) is 17.7 Å². The van der Waals surface area contributed by atoms with Crippen LogP contribution in [0.2, 0.25) is 0 Å². The Morgan fingerprint density at radius 2 is 0.722 bits per heavy atom. The molecular weight excluding hydrogens is 792 g/mol. The SMILES string of the molecule is CCCCCCCCCCCCCCCCCCOc1cc(/C=C/c2ccc(Br)cc2)c(OCCCCCCCCCCCCCCCCCC)cc1Br. The summed E-state index contributed by atoms with van der Waals surface area (Å²) in [4.78, 5) is 0. The Morgan fingerprint density at radius 3 is 1.09 bits per heavy atom. The van der Waals surface area contributed by atoms with Gasteiger partial charge in [0.1, 0.15) is 11.5 Å². The maximum atomic E-state index is 6.39. The first-order valence-electron chi connectivity index (χ1n) is 23.2. The number of rotatable bonds is 38. The van der Waals surface area contributed by atoms with E-state index in [1.54, 1.807) is 0 Å². The fourth-order valence-electron chi connectivity index (χ4n) is 7.34. The van der Waals surface area contributed by atoms with Crippen LogP contribution in [0.25, 0.3) is 12.2 Å². The van der Waals surface area contributed by atoms with E-state index in [1.165, 1.54) is 198 Å². The van der Waals surface area contributed by atoms with E-state index in [0.29, 0.717) is 0 Å². The molecule has 0 spiro atoms. The highest BCUT2D eigenvalue weighted by Gasteiger charge is 2.10. The van der Waals surface area contributed by atoms with E-state index >= 15 is 0 Å². The van der Waals surface area contributed by atoms with Gasteiger partial charge < -0.3 is 9.47 Å². The molecule has 0 amide bonds. The summed E-state index contributed by atoms with van der Waals surface area (Å²) in [5, 5.41) is 0. The van der Waals surface area contributed by atoms with Gasteiger partial charge in [-0.05, 0) is 58.6 Å². The van der Waals surface area contributed by atoms with Crippen LogP contribution in [0.5, 0.6) is 11.5 Å². The van der Waals surface area contributed by atoms with Gasteiger partial charge in [-0.3, -0.25) is 0 Å². The van der Waals surface area contributed by atoms with Crippen LogP contribution in [0, 0.1) is 0 Å². The predicted molar refractivity (Wildman–Crippen MR) is 247 cm³/mol. The smallest absolute Gasteiger partial charge is 0.134 e. The maximum absolute atomic E-state index is 6.39. The predicted octanol–water partition coefficient (Wildman–Crippen LogP) is 18.7. The van der Waals surface area contributed by atoms with Crippen molar-refractivity contribution in [1.29, 1.82) is 0 Å². The molecule has 2 rings (SSSR count). The Balaban J connectivity index is 1.62. The molecule has 0 aromatic heterocycles. The standard InChI is InChI=1S/C50H82Br2O2/c1-3-5-7-9-11-13-15-17-19-21-23-25-27-29-31-33-41-53-49-44-48(52)50(43-46(49)38-35-45-36-39-47(51)40-37-45)54-42-34-32-30-28-26-24-22-20-18-16-14-12-10-8-6-4-2/h35-40,43-44H,3-34,41-42H2,1-2H3/b38-35+. The first-order chi connectivity index (χ1) is 26.6. The minimum atomic E-state index is 0.753. The largest absolute Gasteiger partial charge is 0.493 e. The molecule has 0 fully saturated rings. The molecule has 2 aromatic rings. The number of halogens is 2. The van der Waals surface area contributed by atoms with Gasteiger partial charge >= 0.3 is 0 Å². The second-order valence-corrected chi connectivity index (χ2v) is 17.8. The molecule has 308 valence electrons. The second kappa shape index (κ2) is 36.1. The summed E-state index contributed by atoms with van der Waals surface area (Å²) in [6, 6.07) is 12.7. The van der Waals surface area contributed by atoms with Crippen molar-refractivity contribution in [2.75, 3.05) is 13.2 Å². The number of benzene rings is 2. The molecule has 0 saturated carbocycles. The van der Waals surface area contributed by atoms with Gasteiger partial charge in [0.2, 0.25) is 0 Å². The van der Waals surface area contributed by atoms with Crippen LogP contribution < -0.4 is 9.47 Å². The van der Waals surface area contributed by atoms with Crippen LogP contribution in [-0.2, 0) is 0 Å². The summed E-state index contributed by atoms with van der Waals surface area (Å²) in [7, 11) is 0. The Hall–Kier alpha value is -1.26. The summed E-state index contributed by atoms with van der Waals surface area (Å²) >= 11 is 7.35. The lowest BCUT2D eigenvalue weighted by molar-refractivity contribution is 0.294. The van der Waals surface area contributed by atoms with E-state index in [2.05, 4.69) is 94.3 Å². The average Bonchev–Trinajstić information content (AvgIpc) is 3.18. The molecular formula is C50H82Br2O2. The van der Waals surface area contributed by atoms with Gasteiger partial charge in [0.25, 0.3) is 0 Å². The van der Waals surface area contributed by atoms with Crippen LogP contribution in [0.3, 0.4) is 0 Å². The zero-order valence-electron chi connectivity index (χ0n) is 35.2. The highest BCUT2D eigenvalue weighted by molar-refractivity contribution is 9.10. The Kier molecular flexibility index (Phi) is 32.7. The van der Waals surface area contributed by atoms with Gasteiger partial charge in [0, 0.05) is 10.0 Å². The fourth-order valence-corrected chi connectivity index (χ4v) is 8.04. The summed E-state index contributed by atoms with van der Waals surface area (Å²) in [6.45, 7) is 6.11. The molecule has 2 nitrogen and oxygen atoms in total. The molecule has 0 radical (unpaired) electrons. The molecule has 4 heteroatoms. The van der Waals surface area contributed by atoms with Gasteiger partial charge in [-0.1, -0.05) is 247 Å². The van der Waals surface area contributed by atoms with Crippen molar-refractivity contribution in [3.8, 4) is 11.5 Å². The number of hydrogen-bond donors (Lipinski definition) is 0. The molecule has 0 saturated heterocycles. The van der Waals surface area contributed by atoms with Crippen molar-refractivity contribution in [1.82, 2.24) is 0 Å². The maximum Gasteiger partial charge on any atom is 0.134 e. The third-order valence-electron chi connectivity index (χ3n) is 10.9. The number of hydrogen-bond acceptors (Lipinski definition) is 2. The average molecular weight is 875 g/mol. The van der Waals surface area contributed by atoms with Crippen molar-refractivity contribution >= 4 is 44.0 Å². The van der Waals surface area contributed by atoms with Gasteiger partial charge in [-0.2, -0.15) is 0 Å².